The van der Waals surface area contributed by atoms with E-state index in [0.29, 0.717) is 16.5 Å². The number of azo groups is 1. The quantitative estimate of drug-likeness (QED) is 0.234. The summed E-state index contributed by atoms with van der Waals surface area (Å²) < 4.78 is 1.87. The number of halogens is 1. The van der Waals surface area contributed by atoms with Gasteiger partial charge in [0.2, 0.25) is 0 Å². The number of nitrogens with one attached hydrogen (secondary N) is 3. The van der Waals surface area contributed by atoms with Crippen molar-refractivity contribution in [3.05, 3.63) is 117 Å². The molecule has 2 aromatic heterocycles. The number of aryl methyl sites for hydroxylation is 1. The van der Waals surface area contributed by atoms with Crippen LogP contribution in [0.2, 0.25) is 5.02 Å². The molecular formula is C28H21ClN6O. The number of allylic oxidation sites excluding steroid dienone is 2. The van der Waals surface area contributed by atoms with Gasteiger partial charge in [0.15, 0.2) is 11.5 Å². The van der Waals surface area contributed by atoms with Gasteiger partial charge in [-0.2, -0.15) is 5.11 Å². The average Bonchev–Trinajstić information content (AvgIpc) is 3.44. The fraction of sp³-hybridized carbons (Fsp3) is 0.107. The van der Waals surface area contributed by atoms with Gasteiger partial charge in [-0.15, -0.1) is 5.11 Å². The Bertz CT molecular complexity index is 1740. The second kappa shape index (κ2) is 8.10. The molecule has 0 bridgehead atoms. The standard InChI is InChI=1S/C28H21ClN6O/c29-17-12-10-16(11-13-17)26-23-22(15-14-20-19-8-4-5-9-21(19)30-24(20)23)31-27-25(28(36)34-35(26)27)33-32-18-6-2-1-3-7-18/h1-13,26,30-31H,14-15H2,(H,34,36). The summed E-state index contributed by atoms with van der Waals surface area (Å²) in [5.74, 6) is 0.609. The van der Waals surface area contributed by atoms with Crippen LogP contribution in [0.5, 0.6) is 0 Å². The first kappa shape index (κ1) is 21.0. The van der Waals surface area contributed by atoms with Crippen LogP contribution in [0.15, 0.2) is 99.6 Å². The summed E-state index contributed by atoms with van der Waals surface area (Å²) in [6, 6.07) is 25.3. The highest BCUT2D eigenvalue weighted by atomic mass is 35.5. The molecule has 7 rings (SSSR count). The predicted molar refractivity (Wildman–Crippen MR) is 142 cm³/mol. The Labute approximate surface area is 211 Å². The second-order valence-corrected chi connectivity index (χ2v) is 9.48. The predicted octanol–water partition coefficient (Wildman–Crippen LogP) is 7.10. The van der Waals surface area contributed by atoms with Crippen molar-refractivity contribution in [1.29, 1.82) is 0 Å². The van der Waals surface area contributed by atoms with Gasteiger partial charge < -0.3 is 10.3 Å². The molecule has 0 spiro atoms. The Morgan fingerprint density at radius 2 is 1.67 bits per heavy atom. The number of aromatic nitrogens is 3. The molecule has 176 valence electrons. The number of fused-ring (bicyclic) bond motifs is 5. The average molecular weight is 493 g/mol. The Morgan fingerprint density at radius 3 is 2.50 bits per heavy atom. The highest BCUT2D eigenvalue weighted by molar-refractivity contribution is 6.30. The van der Waals surface area contributed by atoms with E-state index in [1.165, 1.54) is 10.9 Å². The van der Waals surface area contributed by atoms with Crippen molar-refractivity contribution in [2.75, 3.05) is 5.32 Å². The van der Waals surface area contributed by atoms with Crippen LogP contribution in [0.1, 0.15) is 29.3 Å². The summed E-state index contributed by atoms with van der Waals surface area (Å²) in [7, 11) is 0. The lowest BCUT2D eigenvalue weighted by Crippen LogP contribution is -2.27. The van der Waals surface area contributed by atoms with Crippen molar-refractivity contribution < 1.29 is 0 Å². The van der Waals surface area contributed by atoms with Crippen LogP contribution in [0.25, 0.3) is 16.5 Å². The Balaban J connectivity index is 1.43. The van der Waals surface area contributed by atoms with E-state index in [1.807, 2.05) is 65.3 Å². The Hall–Kier alpha value is -4.36. The third-order valence-corrected chi connectivity index (χ3v) is 7.20. The van der Waals surface area contributed by atoms with Crippen LogP contribution in [0.3, 0.4) is 0 Å². The zero-order chi connectivity index (χ0) is 24.2. The zero-order valence-corrected chi connectivity index (χ0v) is 19.9. The third-order valence-electron chi connectivity index (χ3n) is 6.94. The minimum absolute atomic E-state index is 0.256. The molecule has 1 aliphatic carbocycles. The maximum atomic E-state index is 13.1. The summed E-state index contributed by atoms with van der Waals surface area (Å²) in [6.07, 6.45) is 1.72. The maximum Gasteiger partial charge on any atom is 0.294 e. The Morgan fingerprint density at radius 1 is 0.889 bits per heavy atom. The van der Waals surface area contributed by atoms with Crippen molar-refractivity contribution in [1.82, 2.24) is 14.8 Å². The van der Waals surface area contributed by atoms with Crippen LogP contribution < -0.4 is 10.9 Å². The smallest absolute Gasteiger partial charge is 0.294 e. The van der Waals surface area contributed by atoms with Crippen molar-refractivity contribution in [2.45, 2.75) is 18.9 Å². The highest BCUT2D eigenvalue weighted by Gasteiger charge is 2.37. The van der Waals surface area contributed by atoms with Gasteiger partial charge in [0.1, 0.15) is 6.04 Å². The molecule has 7 nitrogen and oxygen atoms in total. The van der Waals surface area contributed by atoms with Gasteiger partial charge in [-0.05, 0) is 54.3 Å². The van der Waals surface area contributed by atoms with E-state index < -0.39 is 0 Å². The number of H-pyrrole nitrogens is 2. The van der Waals surface area contributed by atoms with Crippen molar-refractivity contribution >= 4 is 45.3 Å². The van der Waals surface area contributed by atoms with Crippen LogP contribution in [0, 0.1) is 0 Å². The van der Waals surface area contributed by atoms with Crippen LogP contribution in [-0.2, 0) is 6.42 Å². The number of anilines is 1. The van der Waals surface area contributed by atoms with E-state index in [2.05, 4.69) is 43.8 Å². The van der Waals surface area contributed by atoms with E-state index >= 15 is 0 Å². The van der Waals surface area contributed by atoms with E-state index in [9.17, 15) is 4.79 Å². The molecule has 0 saturated heterocycles. The molecule has 1 unspecified atom stereocenters. The molecule has 0 amide bonds. The second-order valence-electron chi connectivity index (χ2n) is 9.04. The highest BCUT2D eigenvalue weighted by Crippen LogP contribution is 2.48. The van der Waals surface area contributed by atoms with E-state index in [-0.39, 0.29) is 17.3 Å². The van der Waals surface area contributed by atoms with Gasteiger partial charge in [0.25, 0.3) is 5.56 Å². The summed E-state index contributed by atoms with van der Waals surface area (Å²) in [6.45, 7) is 0. The molecule has 3 heterocycles. The first-order valence-corrected chi connectivity index (χ1v) is 12.2. The normalized spacial score (nSPS) is 16.6. The maximum absolute atomic E-state index is 13.1. The summed E-state index contributed by atoms with van der Waals surface area (Å²) in [4.78, 5) is 16.8. The molecule has 3 aromatic carbocycles. The topological polar surface area (TPSA) is 90.3 Å². The monoisotopic (exact) mass is 492 g/mol. The van der Waals surface area contributed by atoms with Crippen molar-refractivity contribution in [3.63, 3.8) is 0 Å². The minimum Gasteiger partial charge on any atom is -0.354 e. The molecule has 0 radical (unpaired) electrons. The van der Waals surface area contributed by atoms with Gasteiger partial charge in [0, 0.05) is 32.9 Å². The van der Waals surface area contributed by atoms with Crippen molar-refractivity contribution in [3.8, 4) is 0 Å². The van der Waals surface area contributed by atoms with Gasteiger partial charge in [-0.3, -0.25) is 14.6 Å². The van der Waals surface area contributed by atoms with E-state index in [4.69, 9.17) is 11.6 Å². The minimum atomic E-state index is -0.298. The van der Waals surface area contributed by atoms with Gasteiger partial charge >= 0.3 is 0 Å². The third kappa shape index (κ3) is 3.24. The molecule has 5 aromatic rings. The fourth-order valence-electron chi connectivity index (χ4n) is 5.34. The lowest BCUT2D eigenvalue weighted by atomic mass is 9.84. The largest absolute Gasteiger partial charge is 0.354 e. The van der Waals surface area contributed by atoms with Crippen LogP contribution in [-0.4, -0.2) is 14.8 Å². The van der Waals surface area contributed by atoms with E-state index in [1.54, 1.807) is 0 Å². The number of nitrogens with zero attached hydrogens (tertiary/aromatic N) is 3. The molecule has 8 heteroatoms. The number of para-hydroxylation sites is 1. The van der Waals surface area contributed by atoms with Crippen LogP contribution in [0.4, 0.5) is 17.2 Å². The lowest BCUT2D eigenvalue weighted by molar-refractivity contribution is 0.604. The van der Waals surface area contributed by atoms with Gasteiger partial charge in [-0.1, -0.05) is 60.1 Å². The molecular weight excluding hydrogens is 472 g/mol. The fourth-order valence-corrected chi connectivity index (χ4v) is 5.46. The number of hydrogen-bond acceptors (Lipinski definition) is 4. The lowest BCUT2D eigenvalue weighted by Gasteiger charge is -2.34. The molecule has 1 aliphatic heterocycles. The molecule has 0 fully saturated rings. The molecule has 36 heavy (non-hydrogen) atoms. The zero-order valence-electron chi connectivity index (χ0n) is 19.1. The SMILES string of the molecule is O=c1[nH]n2c(c1N=Nc1ccccc1)NC1=C(c3[nH]c4ccccc4c3CC1)C2c1ccc(Cl)cc1. The number of hydrogen-bond donors (Lipinski definition) is 3. The number of rotatable bonds is 3. The van der Waals surface area contributed by atoms with Gasteiger partial charge in [0.05, 0.1) is 5.69 Å². The number of aromatic amines is 2. The van der Waals surface area contributed by atoms with E-state index in [0.717, 1.165) is 40.9 Å². The molecule has 1 atom stereocenters. The number of benzene rings is 3. The summed E-state index contributed by atoms with van der Waals surface area (Å²) >= 11 is 6.23. The Kier molecular flexibility index (Phi) is 4.72. The van der Waals surface area contributed by atoms with Gasteiger partial charge in [-0.25, -0.2) is 0 Å². The molecule has 3 N–H and O–H groups in total. The summed E-state index contributed by atoms with van der Waals surface area (Å²) in [5, 5.41) is 17.1. The summed E-state index contributed by atoms with van der Waals surface area (Å²) in [5.41, 5.74) is 7.34. The molecule has 0 saturated carbocycles. The first-order chi connectivity index (χ1) is 17.7. The van der Waals surface area contributed by atoms with Crippen LogP contribution >= 0.6 is 11.6 Å². The molecule has 2 aliphatic rings. The first-order valence-electron chi connectivity index (χ1n) is 11.8. The van der Waals surface area contributed by atoms with Crippen molar-refractivity contribution in [2.24, 2.45) is 10.2 Å².